The van der Waals surface area contributed by atoms with Crippen molar-refractivity contribution in [1.82, 2.24) is 4.98 Å². The molecular weight excluding hydrogens is 206 g/mol. The number of para-hydroxylation sites is 1. The van der Waals surface area contributed by atoms with E-state index in [9.17, 15) is 0 Å². The average Bonchev–Trinajstić information content (AvgIpc) is 3.00. The van der Waals surface area contributed by atoms with Crippen LogP contribution in [-0.4, -0.2) is 4.98 Å². The summed E-state index contributed by atoms with van der Waals surface area (Å²) in [4.78, 5) is 4.82. The van der Waals surface area contributed by atoms with E-state index < -0.39 is 0 Å². The molecule has 1 aliphatic carbocycles. The molecule has 0 amide bonds. The van der Waals surface area contributed by atoms with Crippen molar-refractivity contribution >= 4 is 10.9 Å². The summed E-state index contributed by atoms with van der Waals surface area (Å²) in [6.45, 7) is 7.00. The summed E-state index contributed by atoms with van der Waals surface area (Å²) in [5.74, 6) is 3.07. The van der Waals surface area contributed by atoms with Crippen molar-refractivity contribution in [2.75, 3.05) is 0 Å². The highest BCUT2D eigenvalue weighted by Gasteiger charge is 2.49. The Balaban J connectivity index is 1.97. The van der Waals surface area contributed by atoms with Gasteiger partial charge in [0.25, 0.3) is 0 Å². The Morgan fingerprint density at radius 2 is 1.82 bits per heavy atom. The largest absolute Gasteiger partial charge is 0.253 e. The van der Waals surface area contributed by atoms with E-state index in [-0.39, 0.29) is 0 Å². The predicted octanol–water partition coefficient (Wildman–Crippen LogP) is 4.24. The lowest BCUT2D eigenvalue weighted by molar-refractivity contribution is 0.523. The van der Waals surface area contributed by atoms with Gasteiger partial charge in [-0.1, -0.05) is 45.0 Å². The van der Waals surface area contributed by atoms with Gasteiger partial charge in [-0.15, -0.1) is 0 Å². The molecule has 0 saturated heterocycles. The minimum absolute atomic E-state index is 0.680. The minimum Gasteiger partial charge on any atom is -0.253 e. The quantitative estimate of drug-likeness (QED) is 0.745. The van der Waals surface area contributed by atoms with Gasteiger partial charge in [0, 0.05) is 17.0 Å². The number of aromatic nitrogens is 1. The smallest absolute Gasteiger partial charge is 0.0705 e. The molecule has 0 aliphatic heterocycles. The van der Waals surface area contributed by atoms with Crippen molar-refractivity contribution in [2.24, 2.45) is 17.8 Å². The van der Waals surface area contributed by atoms with Crippen LogP contribution in [0.3, 0.4) is 0 Å². The van der Waals surface area contributed by atoms with E-state index in [1.807, 2.05) is 0 Å². The molecule has 0 N–H and O–H groups in total. The number of rotatable bonds is 2. The standard InChI is InChI=1S/C16H19N/c1-10(2)15-11(3)16(15)14-9-8-12-6-4-5-7-13(12)17-14/h4-11,15-16H,1-3H3. The molecule has 1 aromatic heterocycles. The van der Waals surface area contributed by atoms with E-state index in [2.05, 4.69) is 57.2 Å². The van der Waals surface area contributed by atoms with Gasteiger partial charge >= 0.3 is 0 Å². The van der Waals surface area contributed by atoms with Gasteiger partial charge in [0.1, 0.15) is 0 Å². The molecule has 1 heterocycles. The molecule has 1 heteroatoms. The SMILES string of the molecule is CC(C)C1C(C)C1c1ccc2ccccc2n1. The lowest BCUT2D eigenvalue weighted by Gasteiger charge is -2.04. The number of benzene rings is 1. The summed E-state index contributed by atoms with van der Waals surface area (Å²) in [7, 11) is 0. The van der Waals surface area contributed by atoms with Crippen LogP contribution in [0.15, 0.2) is 36.4 Å². The highest BCUT2D eigenvalue weighted by atomic mass is 14.7. The molecule has 17 heavy (non-hydrogen) atoms. The molecule has 3 unspecified atom stereocenters. The topological polar surface area (TPSA) is 12.9 Å². The third-order valence-electron chi connectivity index (χ3n) is 4.18. The number of hydrogen-bond acceptors (Lipinski definition) is 1. The summed E-state index contributed by atoms with van der Waals surface area (Å²) in [5, 5.41) is 1.24. The second-order valence-electron chi connectivity index (χ2n) is 5.64. The zero-order valence-corrected chi connectivity index (χ0v) is 10.7. The van der Waals surface area contributed by atoms with Crippen LogP contribution in [0.4, 0.5) is 0 Å². The zero-order valence-electron chi connectivity index (χ0n) is 10.7. The Labute approximate surface area is 103 Å². The molecule has 1 fully saturated rings. The summed E-state index contributed by atoms with van der Waals surface area (Å²) in [6.07, 6.45) is 0. The second-order valence-corrected chi connectivity index (χ2v) is 5.64. The highest BCUT2D eigenvalue weighted by molar-refractivity contribution is 5.78. The van der Waals surface area contributed by atoms with Crippen LogP contribution in [0.2, 0.25) is 0 Å². The second kappa shape index (κ2) is 3.83. The fourth-order valence-corrected chi connectivity index (χ4v) is 3.25. The first-order valence-corrected chi connectivity index (χ1v) is 6.54. The van der Waals surface area contributed by atoms with Crippen LogP contribution in [0.25, 0.3) is 10.9 Å². The third kappa shape index (κ3) is 1.74. The lowest BCUT2D eigenvalue weighted by Crippen LogP contribution is -1.94. The first-order chi connectivity index (χ1) is 8.18. The number of hydrogen-bond donors (Lipinski definition) is 0. The van der Waals surface area contributed by atoms with E-state index in [4.69, 9.17) is 4.98 Å². The first kappa shape index (κ1) is 10.8. The van der Waals surface area contributed by atoms with Gasteiger partial charge in [0.15, 0.2) is 0 Å². The van der Waals surface area contributed by atoms with Crippen LogP contribution in [-0.2, 0) is 0 Å². The van der Waals surface area contributed by atoms with Crippen LogP contribution in [0.1, 0.15) is 32.4 Å². The monoisotopic (exact) mass is 225 g/mol. The summed E-state index contributed by atoms with van der Waals surface area (Å²) < 4.78 is 0. The summed E-state index contributed by atoms with van der Waals surface area (Å²) >= 11 is 0. The third-order valence-corrected chi connectivity index (χ3v) is 4.18. The van der Waals surface area contributed by atoms with Crippen LogP contribution >= 0.6 is 0 Å². The Bertz CT molecular complexity index is 544. The number of fused-ring (bicyclic) bond motifs is 1. The molecule has 0 spiro atoms. The van der Waals surface area contributed by atoms with Crippen molar-refractivity contribution in [3.8, 4) is 0 Å². The predicted molar refractivity (Wildman–Crippen MR) is 72.0 cm³/mol. The van der Waals surface area contributed by atoms with Gasteiger partial charge in [-0.05, 0) is 29.9 Å². The molecule has 1 aromatic carbocycles. The fraction of sp³-hybridized carbons (Fsp3) is 0.438. The molecule has 0 bridgehead atoms. The van der Waals surface area contributed by atoms with E-state index >= 15 is 0 Å². The van der Waals surface area contributed by atoms with Crippen molar-refractivity contribution in [3.63, 3.8) is 0 Å². The normalized spacial score (nSPS) is 27.6. The highest BCUT2D eigenvalue weighted by Crippen LogP contribution is 2.56. The Hall–Kier alpha value is -1.37. The van der Waals surface area contributed by atoms with Crippen molar-refractivity contribution in [2.45, 2.75) is 26.7 Å². The maximum Gasteiger partial charge on any atom is 0.0705 e. The average molecular weight is 225 g/mol. The minimum atomic E-state index is 0.680. The van der Waals surface area contributed by atoms with E-state index in [0.717, 1.165) is 23.3 Å². The van der Waals surface area contributed by atoms with Gasteiger partial charge < -0.3 is 0 Å². The molecule has 1 aliphatic rings. The number of nitrogens with zero attached hydrogens (tertiary/aromatic N) is 1. The van der Waals surface area contributed by atoms with Crippen LogP contribution in [0, 0.1) is 17.8 Å². The molecule has 1 saturated carbocycles. The zero-order chi connectivity index (χ0) is 12.0. The van der Waals surface area contributed by atoms with Gasteiger partial charge in [0.05, 0.1) is 5.52 Å². The summed E-state index contributed by atoms with van der Waals surface area (Å²) in [6, 6.07) is 12.8. The van der Waals surface area contributed by atoms with Crippen LogP contribution < -0.4 is 0 Å². The van der Waals surface area contributed by atoms with E-state index in [1.54, 1.807) is 0 Å². The van der Waals surface area contributed by atoms with Gasteiger partial charge in [-0.3, -0.25) is 4.98 Å². The molecule has 3 atom stereocenters. The van der Waals surface area contributed by atoms with Crippen molar-refractivity contribution in [3.05, 3.63) is 42.1 Å². The fourth-order valence-electron chi connectivity index (χ4n) is 3.25. The molecule has 2 aromatic rings. The summed E-state index contributed by atoms with van der Waals surface area (Å²) in [5.41, 5.74) is 2.42. The Kier molecular flexibility index (Phi) is 2.43. The number of pyridine rings is 1. The van der Waals surface area contributed by atoms with Crippen molar-refractivity contribution in [1.29, 1.82) is 0 Å². The Morgan fingerprint density at radius 1 is 1.06 bits per heavy atom. The molecule has 88 valence electrons. The van der Waals surface area contributed by atoms with Crippen LogP contribution in [0.5, 0.6) is 0 Å². The maximum atomic E-state index is 4.82. The Morgan fingerprint density at radius 3 is 2.53 bits per heavy atom. The lowest BCUT2D eigenvalue weighted by atomic mass is 10.1. The van der Waals surface area contributed by atoms with Crippen molar-refractivity contribution < 1.29 is 0 Å². The molecule has 1 nitrogen and oxygen atoms in total. The molecule has 3 rings (SSSR count). The van der Waals surface area contributed by atoms with E-state index in [0.29, 0.717) is 5.92 Å². The maximum absolute atomic E-state index is 4.82. The first-order valence-electron chi connectivity index (χ1n) is 6.54. The molecular formula is C16H19N. The van der Waals surface area contributed by atoms with Gasteiger partial charge in [-0.2, -0.15) is 0 Å². The van der Waals surface area contributed by atoms with Gasteiger partial charge in [0.2, 0.25) is 0 Å². The van der Waals surface area contributed by atoms with Gasteiger partial charge in [-0.25, -0.2) is 0 Å². The van der Waals surface area contributed by atoms with E-state index in [1.165, 1.54) is 11.1 Å². The molecule has 0 radical (unpaired) electrons.